The van der Waals surface area contributed by atoms with Crippen molar-refractivity contribution in [3.63, 3.8) is 0 Å². The van der Waals surface area contributed by atoms with E-state index in [4.69, 9.17) is 9.47 Å². The van der Waals surface area contributed by atoms with Crippen molar-refractivity contribution in [3.8, 4) is 11.5 Å². The number of piperidine rings is 1. The van der Waals surface area contributed by atoms with Gasteiger partial charge in [-0.25, -0.2) is 0 Å². The summed E-state index contributed by atoms with van der Waals surface area (Å²) in [5.41, 5.74) is 4.28. The van der Waals surface area contributed by atoms with Crippen LogP contribution in [0.3, 0.4) is 0 Å². The van der Waals surface area contributed by atoms with Crippen molar-refractivity contribution in [2.24, 2.45) is 0 Å². The van der Waals surface area contributed by atoms with E-state index >= 15 is 0 Å². The Hall–Kier alpha value is -2.20. The lowest BCUT2D eigenvalue weighted by Crippen LogP contribution is -2.43. The highest BCUT2D eigenvalue weighted by Crippen LogP contribution is 2.36. The maximum absolute atomic E-state index is 5.51. The minimum absolute atomic E-state index is 0.341. The van der Waals surface area contributed by atoms with Gasteiger partial charge in [-0.3, -0.25) is 0 Å². The topological polar surface area (TPSA) is 33.7 Å². The fourth-order valence-electron chi connectivity index (χ4n) is 4.40. The van der Waals surface area contributed by atoms with Gasteiger partial charge in [-0.15, -0.1) is 0 Å². The average Bonchev–Trinajstić information content (AvgIpc) is 3.29. The first-order valence-electron chi connectivity index (χ1n) is 9.35. The number of hydrogen-bond donors (Lipinski definition) is 1. The number of nitrogens with one attached hydrogen (secondary N) is 1. The van der Waals surface area contributed by atoms with Gasteiger partial charge in [0.05, 0.1) is 0 Å². The van der Waals surface area contributed by atoms with Crippen LogP contribution in [0.2, 0.25) is 0 Å². The summed E-state index contributed by atoms with van der Waals surface area (Å²) in [6.07, 6.45) is 4.83. The van der Waals surface area contributed by atoms with Crippen molar-refractivity contribution in [2.45, 2.75) is 37.8 Å². The Morgan fingerprint density at radius 1 is 0.920 bits per heavy atom. The van der Waals surface area contributed by atoms with E-state index < -0.39 is 0 Å². The van der Waals surface area contributed by atoms with Crippen molar-refractivity contribution in [1.82, 2.24) is 5.32 Å². The van der Waals surface area contributed by atoms with E-state index in [9.17, 15) is 0 Å². The van der Waals surface area contributed by atoms with Crippen molar-refractivity contribution in [3.05, 3.63) is 53.6 Å². The van der Waals surface area contributed by atoms with E-state index in [0.717, 1.165) is 24.6 Å². The van der Waals surface area contributed by atoms with Crippen molar-refractivity contribution in [2.75, 3.05) is 24.8 Å². The molecular weight excluding hydrogens is 312 g/mol. The summed E-state index contributed by atoms with van der Waals surface area (Å²) >= 11 is 0. The summed E-state index contributed by atoms with van der Waals surface area (Å²) in [7, 11) is 0. The summed E-state index contributed by atoms with van der Waals surface area (Å²) in [5, 5.41) is 3.92. The van der Waals surface area contributed by atoms with E-state index in [1.807, 2.05) is 6.07 Å². The van der Waals surface area contributed by atoms with Gasteiger partial charge in [0.15, 0.2) is 11.5 Å². The smallest absolute Gasteiger partial charge is 0.231 e. The highest BCUT2D eigenvalue weighted by Gasteiger charge is 2.27. The molecule has 25 heavy (non-hydrogen) atoms. The van der Waals surface area contributed by atoms with Crippen molar-refractivity contribution < 1.29 is 9.47 Å². The molecule has 0 saturated carbocycles. The first-order valence-corrected chi connectivity index (χ1v) is 9.35. The molecule has 0 bridgehead atoms. The fraction of sp³-hybridized carbons (Fsp3) is 0.429. The van der Waals surface area contributed by atoms with Gasteiger partial charge in [0.2, 0.25) is 6.79 Å². The standard InChI is InChI=1S/C21H24N2O2/c1-2-4-18-15(3-1)5-7-19(18)22-16-9-11-23(12-10-16)17-6-8-20-21(13-17)25-14-24-20/h1-4,6,8,13,16,19,22H,5,7,9-12,14H2. The predicted molar refractivity (Wildman–Crippen MR) is 98.4 cm³/mol. The van der Waals surface area contributed by atoms with Crippen LogP contribution in [0.15, 0.2) is 42.5 Å². The van der Waals surface area contributed by atoms with Crippen LogP contribution >= 0.6 is 0 Å². The molecule has 2 aliphatic heterocycles. The van der Waals surface area contributed by atoms with Gasteiger partial charge in [0, 0.05) is 36.9 Å². The van der Waals surface area contributed by atoms with Gasteiger partial charge in [-0.2, -0.15) is 0 Å². The highest BCUT2D eigenvalue weighted by atomic mass is 16.7. The Morgan fingerprint density at radius 2 is 1.76 bits per heavy atom. The van der Waals surface area contributed by atoms with E-state index in [1.165, 1.54) is 42.5 Å². The highest BCUT2D eigenvalue weighted by molar-refractivity contribution is 5.57. The van der Waals surface area contributed by atoms with Crippen LogP contribution in [-0.2, 0) is 6.42 Å². The second-order valence-corrected chi connectivity index (χ2v) is 7.26. The van der Waals surface area contributed by atoms with Gasteiger partial charge >= 0.3 is 0 Å². The minimum Gasteiger partial charge on any atom is -0.454 e. The van der Waals surface area contributed by atoms with Crippen molar-refractivity contribution >= 4 is 5.69 Å². The molecule has 1 aliphatic carbocycles. The third-order valence-corrected chi connectivity index (χ3v) is 5.79. The first-order chi connectivity index (χ1) is 12.4. The van der Waals surface area contributed by atoms with Crippen LogP contribution in [0, 0.1) is 0 Å². The van der Waals surface area contributed by atoms with Gasteiger partial charge in [0.1, 0.15) is 0 Å². The summed E-state index contributed by atoms with van der Waals surface area (Å²) < 4.78 is 10.9. The van der Waals surface area contributed by atoms with E-state index in [0.29, 0.717) is 18.9 Å². The molecule has 3 aliphatic rings. The van der Waals surface area contributed by atoms with E-state index in [1.54, 1.807) is 0 Å². The lowest BCUT2D eigenvalue weighted by molar-refractivity contribution is 0.174. The molecule has 2 aromatic carbocycles. The predicted octanol–water partition coefficient (Wildman–Crippen LogP) is 3.66. The molecule has 5 rings (SSSR count). The Morgan fingerprint density at radius 3 is 2.68 bits per heavy atom. The summed E-state index contributed by atoms with van der Waals surface area (Å²) in [5.74, 6) is 1.74. The second kappa shape index (κ2) is 6.26. The van der Waals surface area contributed by atoms with E-state index in [2.05, 4.69) is 46.6 Å². The van der Waals surface area contributed by atoms with Crippen LogP contribution in [0.1, 0.15) is 36.4 Å². The Labute approximate surface area is 148 Å². The average molecular weight is 336 g/mol. The van der Waals surface area contributed by atoms with Crippen LogP contribution < -0.4 is 19.7 Å². The number of benzene rings is 2. The number of fused-ring (bicyclic) bond motifs is 2. The van der Waals surface area contributed by atoms with Crippen molar-refractivity contribution in [1.29, 1.82) is 0 Å². The lowest BCUT2D eigenvalue weighted by Gasteiger charge is -2.35. The summed E-state index contributed by atoms with van der Waals surface area (Å²) in [6, 6.07) is 16.3. The molecule has 1 N–H and O–H groups in total. The molecule has 0 radical (unpaired) electrons. The van der Waals surface area contributed by atoms with E-state index in [-0.39, 0.29) is 0 Å². The third-order valence-electron chi connectivity index (χ3n) is 5.79. The number of aryl methyl sites for hydroxylation is 1. The third kappa shape index (κ3) is 2.85. The Bertz CT molecular complexity index is 768. The molecule has 0 amide bonds. The molecule has 2 aromatic rings. The molecule has 4 heteroatoms. The fourth-order valence-corrected chi connectivity index (χ4v) is 4.40. The molecular formula is C21H24N2O2. The second-order valence-electron chi connectivity index (χ2n) is 7.26. The quantitative estimate of drug-likeness (QED) is 0.927. The molecule has 1 unspecified atom stereocenters. The Kier molecular flexibility index (Phi) is 3.78. The zero-order valence-electron chi connectivity index (χ0n) is 14.4. The maximum atomic E-state index is 5.51. The van der Waals surface area contributed by atoms with Crippen LogP contribution in [0.4, 0.5) is 5.69 Å². The normalized spacial score (nSPS) is 22.2. The van der Waals surface area contributed by atoms with Gasteiger partial charge < -0.3 is 19.7 Å². The minimum atomic E-state index is 0.341. The van der Waals surface area contributed by atoms with Gasteiger partial charge in [0.25, 0.3) is 0 Å². The molecule has 2 heterocycles. The molecule has 0 aromatic heterocycles. The lowest BCUT2D eigenvalue weighted by atomic mass is 10.0. The molecule has 0 spiro atoms. The zero-order valence-corrected chi connectivity index (χ0v) is 14.4. The van der Waals surface area contributed by atoms with Crippen LogP contribution in [0.25, 0.3) is 0 Å². The molecule has 1 fully saturated rings. The van der Waals surface area contributed by atoms with Gasteiger partial charge in [-0.05, 0) is 48.9 Å². The SMILES string of the molecule is c1ccc2c(c1)CCC2NC1CCN(c2ccc3c(c2)OCO3)CC1. The molecule has 4 nitrogen and oxygen atoms in total. The summed E-state index contributed by atoms with van der Waals surface area (Å²) in [6.45, 7) is 2.52. The largest absolute Gasteiger partial charge is 0.454 e. The van der Waals surface area contributed by atoms with Gasteiger partial charge in [-0.1, -0.05) is 24.3 Å². The molecule has 130 valence electrons. The number of anilines is 1. The number of rotatable bonds is 3. The monoisotopic (exact) mass is 336 g/mol. The van der Waals surface area contributed by atoms with Crippen LogP contribution in [0.5, 0.6) is 11.5 Å². The molecule has 1 atom stereocenters. The number of nitrogens with zero attached hydrogens (tertiary/aromatic N) is 1. The zero-order chi connectivity index (χ0) is 16.6. The van der Waals surface area contributed by atoms with Crippen LogP contribution in [-0.4, -0.2) is 25.9 Å². The molecule has 1 saturated heterocycles. The summed E-state index contributed by atoms with van der Waals surface area (Å²) in [4.78, 5) is 2.46. The first kappa shape index (κ1) is 15.1. The number of ether oxygens (including phenoxy) is 2. The number of hydrogen-bond acceptors (Lipinski definition) is 4. The maximum Gasteiger partial charge on any atom is 0.231 e. The Balaban J connectivity index is 1.21.